The van der Waals surface area contributed by atoms with Crippen molar-refractivity contribution in [1.82, 2.24) is 9.62 Å². The number of sulfonamides is 1. The molecule has 1 N–H and O–H groups in total. The molecule has 20 heavy (non-hydrogen) atoms. The first-order chi connectivity index (χ1) is 9.40. The number of nitrogens with one attached hydrogen (secondary N) is 1. The van der Waals surface area contributed by atoms with E-state index >= 15 is 0 Å². The summed E-state index contributed by atoms with van der Waals surface area (Å²) < 4.78 is 30.1. The molecule has 1 aliphatic heterocycles. The Bertz CT molecular complexity index is 544. The molecule has 0 saturated carbocycles. The third-order valence-electron chi connectivity index (χ3n) is 3.86. The summed E-state index contributed by atoms with van der Waals surface area (Å²) in [5.74, 6) is 1.12. The maximum atomic E-state index is 11.6. The minimum absolute atomic E-state index is 0.307. The summed E-state index contributed by atoms with van der Waals surface area (Å²) in [5, 5.41) is 3.84. The number of hydrogen-bond donors (Lipinski definition) is 1. The topological polar surface area (TPSA) is 62.6 Å². The van der Waals surface area contributed by atoms with Gasteiger partial charge < -0.3 is 9.73 Å². The Balaban J connectivity index is 1.92. The lowest BCUT2D eigenvalue weighted by atomic mass is 9.91. The summed E-state index contributed by atoms with van der Waals surface area (Å²) in [5.41, 5.74) is 0. The molecule has 2 rings (SSSR count). The summed E-state index contributed by atoms with van der Waals surface area (Å²) in [7, 11) is -3.09. The monoisotopic (exact) mass is 320 g/mol. The third kappa shape index (κ3) is 3.97. The van der Waals surface area contributed by atoms with Gasteiger partial charge in [0.05, 0.1) is 12.8 Å². The molecule has 5 nitrogen and oxygen atoms in total. The quantitative estimate of drug-likeness (QED) is 0.902. The highest BCUT2D eigenvalue weighted by Crippen LogP contribution is 2.23. The van der Waals surface area contributed by atoms with Crippen LogP contribution in [0.4, 0.5) is 0 Å². The zero-order valence-corrected chi connectivity index (χ0v) is 13.4. The largest absolute Gasteiger partial charge is 0.448 e. The molecule has 1 aromatic heterocycles. The number of furan rings is 1. The number of piperidine rings is 1. The van der Waals surface area contributed by atoms with Crippen molar-refractivity contribution in [2.45, 2.75) is 32.4 Å². The molecule has 0 amide bonds. The Kier molecular flexibility index (Phi) is 5.12. The molecule has 7 heteroatoms. The van der Waals surface area contributed by atoms with Gasteiger partial charge in [0.1, 0.15) is 5.76 Å². The zero-order chi connectivity index (χ0) is 14.8. The molecule has 2 heterocycles. The van der Waals surface area contributed by atoms with E-state index in [-0.39, 0.29) is 0 Å². The average molecular weight is 321 g/mol. The number of nitrogens with zero attached hydrogens (tertiary/aromatic N) is 1. The van der Waals surface area contributed by atoms with Crippen molar-refractivity contribution >= 4 is 21.6 Å². The van der Waals surface area contributed by atoms with Crippen LogP contribution < -0.4 is 5.32 Å². The van der Waals surface area contributed by atoms with Crippen LogP contribution in [0.1, 0.15) is 25.5 Å². The maximum absolute atomic E-state index is 11.6. The van der Waals surface area contributed by atoms with Crippen molar-refractivity contribution in [2.24, 2.45) is 5.92 Å². The molecular weight excluding hydrogens is 300 g/mol. The maximum Gasteiger partial charge on any atom is 0.211 e. The summed E-state index contributed by atoms with van der Waals surface area (Å²) in [4.78, 5) is 0. The standard InChI is InChI=1S/C13H21ClN2O3S/c1-3-10-9-16(20(2,17)18)7-6-12(10)15-8-11-4-5-13(14)19-11/h4-5,10,12,15H,3,6-9H2,1-2H3/t10-,12+/m0/s1. The summed E-state index contributed by atoms with van der Waals surface area (Å²) in [6.45, 7) is 3.87. The second kappa shape index (κ2) is 6.47. The fourth-order valence-corrected chi connectivity index (χ4v) is 3.72. The van der Waals surface area contributed by atoms with Crippen LogP contribution in [0.25, 0.3) is 0 Å². The summed E-state index contributed by atoms with van der Waals surface area (Å²) in [6, 6.07) is 3.88. The van der Waals surface area contributed by atoms with Crippen LogP contribution in [-0.2, 0) is 16.6 Å². The van der Waals surface area contributed by atoms with Gasteiger partial charge in [-0.3, -0.25) is 0 Å². The molecule has 1 fully saturated rings. The highest BCUT2D eigenvalue weighted by molar-refractivity contribution is 7.88. The van der Waals surface area contributed by atoms with Gasteiger partial charge in [-0.25, -0.2) is 12.7 Å². The molecule has 0 unspecified atom stereocenters. The molecular formula is C13H21ClN2O3S. The minimum Gasteiger partial charge on any atom is -0.448 e. The molecule has 1 aliphatic rings. The van der Waals surface area contributed by atoms with Crippen molar-refractivity contribution < 1.29 is 12.8 Å². The molecule has 2 atom stereocenters. The highest BCUT2D eigenvalue weighted by Gasteiger charge is 2.31. The number of hydrogen-bond acceptors (Lipinski definition) is 4. The fraction of sp³-hybridized carbons (Fsp3) is 0.692. The molecule has 0 radical (unpaired) electrons. The van der Waals surface area contributed by atoms with E-state index in [1.165, 1.54) is 6.26 Å². The second-order valence-corrected chi connectivity index (χ2v) is 7.63. The second-order valence-electron chi connectivity index (χ2n) is 5.27. The summed E-state index contributed by atoms with van der Waals surface area (Å²) in [6.07, 6.45) is 3.04. The first-order valence-corrected chi connectivity index (χ1v) is 9.05. The zero-order valence-electron chi connectivity index (χ0n) is 11.8. The van der Waals surface area contributed by atoms with E-state index in [0.717, 1.165) is 18.6 Å². The van der Waals surface area contributed by atoms with E-state index in [9.17, 15) is 8.42 Å². The van der Waals surface area contributed by atoms with E-state index < -0.39 is 10.0 Å². The Hall–Kier alpha value is -0.560. The smallest absolute Gasteiger partial charge is 0.211 e. The average Bonchev–Trinajstić information content (AvgIpc) is 2.81. The first-order valence-electron chi connectivity index (χ1n) is 6.83. The lowest BCUT2D eigenvalue weighted by molar-refractivity contribution is 0.199. The first kappa shape index (κ1) is 15.8. The van der Waals surface area contributed by atoms with E-state index in [1.54, 1.807) is 10.4 Å². The molecule has 0 aliphatic carbocycles. The predicted octanol–water partition coefficient (Wildman–Crippen LogP) is 2.08. The normalized spacial score (nSPS) is 24.9. The molecule has 0 aromatic carbocycles. The van der Waals surface area contributed by atoms with Crippen molar-refractivity contribution in [3.05, 3.63) is 23.1 Å². The SMILES string of the molecule is CC[C@H]1CN(S(C)(=O)=O)CC[C@H]1NCc1ccc(Cl)o1. The van der Waals surface area contributed by atoms with Crippen LogP contribution in [-0.4, -0.2) is 38.1 Å². The Morgan fingerprint density at radius 1 is 1.50 bits per heavy atom. The van der Waals surface area contributed by atoms with E-state index in [4.69, 9.17) is 16.0 Å². The van der Waals surface area contributed by atoms with Crippen molar-refractivity contribution in [1.29, 1.82) is 0 Å². The van der Waals surface area contributed by atoms with Gasteiger partial charge in [-0.15, -0.1) is 0 Å². The van der Waals surface area contributed by atoms with E-state index in [0.29, 0.717) is 36.8 Å². The van der Waals surface area contributed by atoms with Gasteiger partial charge in [-0.2, -0.15) is 0 Å². The minimum atomic E-state index is -3.09. The summed E-state index contributed by atoms with van der Waals surface area (Å²) >= 11 is 5.74. The van der Waals surface area contributed by atoms with Crippen LogP contribution in [0.15, 0.2) is 16.5 Å². The Morgan fingerprint density at radius 2 is 2.25 bits per heavy atom. The van der Waals surface area contributed by atoms with Crippen LogP contribution in [0.3, 0.4) is 0 Å². The Morgan fingerprint density at radius 3 is 2.80 bits per heavy atom. The van der Waals surface area contributed by atoms with Crippen molar-refractivity contribution in [3.63, 3.8) is 0 Å². The van der Waals surface area contributed by atoms with Gasteiger partial charge in [0, 0.05) is 19.1 Å². The van der Waals surface area contributed by atoms with Gasteiger partial charge >= 0.3 is 0 Å². The van der Waals surface area contributed by atoms with Crippen LogP contribution >= 0.6 is 11.6 Å². The van der Waals surface area contributed by atoms with Crippen LogP contribution in [0.2, 0.25) is 5.22 Å². The third-order valence-corrected chi connectivity index (χ3v) is 5.33. The van der Waals surface area contributed by atoms with Gasteiger partial charge in [-0.1, -0.05) is 13.3 Å². The van der Waals surface area contributed by atoms with Gasteiger partial charge in [0.25, 0.3) is 0 Å². The fourth-order valence-electron chi connectivity index (χ4n) is 2.66. The van der Waals surface area contributed by atoms with Crippen LogP contribution in [0, 0.1) is 5.92 Å². The number of rotatable bonds is 5. The number of halogens is 1. The molecule has 114 valence electrons. The molecule has 0 spiro atoms. The van der Waals surface area contributed by atoms with Crippen LogP contribution in [0.5, 0.6) is 0 Å². The lowest BCUT2D eigenvalue weighted by Gasteiger charge is -2.37. The highest BCUT2D eigenvalue weighted by atomic mass is 35.5. The van der Waals surface area contributed by atoms with Gasteiger partial charge in [0.15, 0.2) is 5.22 Å². The molecule has 1 aromatic rings. The lowest BCUT2D eigenvalue weighted by Crippen LogP contribution is -2.50. The molecule has 1 saturated heterocycles. The van der Waals surface area contributed by atoms with Crippen molar-refractivity contribution in [2.75, 3.05) is 19.3 Å². The van der Waals surface area contributed by atoms with E-state index in [1.807, 2.05) is 6.07 Å². The van der Waals surface area contributed by atoms with Gasteiger partial charge in [-0.05, 0) is 36.1 Å². The van der Waals surface area contributed by atoms with Gasteiger partial charge in [0.2, 0.25) is 10.0 Å². The molecule has 0 bridgehead atoms. The van der Waals surface area contributed by atoms with Crippen molar-refractivity contribution in [3.8, 4) is 0 Å². The van der Waals surface area contributed by atoms with E-state index in [2.05, 4.69) is 12.2 Å². The Labute approximate surface area is 125 Å². The predicted molar refractivity (Wildman–Crippen MR) is 79.2 cm³/mol.